The number of halogens is 1. The van der Waals surface area contributed by atoms with Crippen LogP contribution in [-0.2, 0) is 14.3 Å². The highest BCUT2D eigenvalue weighted by Gasteiger charge is 2.50. The van der Waals surface area contributed by atoms with Gasteiger partial charge in [-0.25, -0.2) is 14.1 Å². The number of carbonyl (C=O) groups is 3. The predicted molar refractivity (Wildman–Crippen MR) is 79.3 cm³/mol. The lowest BCUT2D eigenvalue weighted by molar-refractivity contribution is -0.147. The van der Waals surface area contributed by atoms with Crippen LogP contribution in [0.3, 0.4) is 0 Å². The molecule has 2 aliphatic heterocycles. The third kappa shape index (κ3) is 2.46. The number of anilines is 1. The van der Waals surface area contributed by atoms with Crippen LogP contribution in [0.15, 0.2) is 18.2 Å². The normalized spacial score (nSPS) is 24.0. The minimum Gasteiger partial charge on any atom is -0.469 e. The second-order valence-electron chi connectivity index (χ2n) is 5.84. The highest BCUT2D eigenvalue weighted by Crippen LogP contribution is 2.34. The van der Waals surface area contributed by atoms with E-state index in [1.54, 1.807) is 6.92 Å². The standard InChI is InChI=1S/C16H17FN2O4/c1-9-7-11(17)3-4-12(9)19-14(20)13-8-10(15(21)23-2)5-6-18(13)16(19)22/h3-4,7,10,13H,5-6,8H2,1-2H3. The first-order chi connectivity index (χ1) is 10.9. The van der Waals surface area contributed by atoms with Gasteiger partial charge in [-0.15, -0.1) is 0 Å². The summed E-state index contributed by atoms with van der Waals surface area (Å²) in [6, 6.07) is 2.85. The first kappa shape index (κ1) is 15.5. The number of carbonyl (C=O) groups excluding carboxylic acids is 3. The quantitative estimate of drug-likeness (QED) is 0.616. The van der Waals surface area contributed by atoms with Gasteiger partial charge in [0.05, 0.1) is 18.7 Å². The van der Waals surface area contributed by atoms with Crippen molar-refractivity contribution in [2.24, 2.45) is 5.92 Å². The highest BCUT2D eigenvalue weighted by molar-refractivity contribution is 6.21. The average molecular weight is 320 g/mol. The molecular weight excluding hydrogens is 303 g/mol. The van der Waals surface area contributed by atoms with Crippen molar-refractivity contribution in [3.8, 4) is 0 Å². The number of rotatable bonds is 2. The molecule has 2 fully saturated rings. The maximum absolute atomic E-state index is 13.3. The summed E-state index contributed by atoms with van der Waals surface area (Å²) in [6.45, 7) is 1.97. The van der Waals surface area contributed by atoms with Crippen LogP contribution in [0.4, 0.5) is 14.9 Å². The molecule has 2 heterocycles. The maximum atomic E-state index is 13.3. The Balaban J connectivity index is 1.90. The van der Waals surface area contributed by atoms with E-state index in [1.807, 2.05) is 0 Å². The molecule has 0 aromatic heterocycles. The smallest absolute Gasteiger partial charge is 0.332 e. The molecular formula is C16H17FN2O4. The maximum Gasteiger partial charge on any atom is 0.332 e. The van der Waals surface area contributed by atoms with Crippen LogP contribution in [0, 0.1) is 18.7 Å². The number of ether oxygens (including phenoxy) is 1. The summed E-state index contributed by atoms with van der Waals surface area (Å²) in [5.74, 6) is -1.54. The molecule has 23 heavy (non-hydrogen) atoms. The van der Waals surface area contributed by atoms with Crippen LogP contribution < -0.4 is 4.90 Å². The lowest BCUT2D eigenvalue weighted by Crippen LogP contribution is -2.44. The van der Waals surface area contributed by atoms with E-state index >= 15 is 0 Å². The summed E-state index contributed by atoms with van der Waals surface area (Å²) in [5, 5.41) is 0. The molecule has 2 aliphatic rings. The van der Waals surface area contributed by atoms with E-state index in [9.17, 15) is 18.8 Å². The summed E-state index contributed by atoms with van der Waals surface area (Å²) >= 11 is 0. The Morgan fingerprint density at radius 1 is 1.35 bits per heavy atom. The molecule has 0 bridgehead atoms. The zero-order chi connectivity index (χ0) is 16.7. The number of hydrogen-bond acceptors (Lipinski definition) is 4. The molecule has 3 rings (SSSR count). The van der Waals surface area contributed by atoms with Gasteiger partial charge >= 0.3 is 12.0 Å². The monoisotopic (exact) mass is 320 g/mol. The van der Waals surface area contributed by atoms with Crippen molar-refractivity contribution >= 4 is 23.6 Å². The third-order valence-electron chi connectivity index (χ3n) is 4.48. The molecule has 6 nitrogen and oxygen atoms in total. The van der Waals surface area contributed by atoms with E-state index in [0.717, 1.165) is 4.90 Å². The first-order valence-electron chi connectivity index (χ1n) is 7.42. The fourth-order valence-electron chi connectivity index (χ4n) is 3.27. The van der Waals surface area contributed by atoms with Gasteiger partial charge in [0.2, 0.25) is 0 Å². The number of piperidine rings is 1. The van der Waals surface area contributed by atoms with Crippen molar-refractivity contribution in [3.05, 3.63) is 29.6 Å². The van der Waals surface area contributed by atoms with E-state index in [2.05, 4.69) is 0 Å². The summed E-state index contributed by atoms with van der Waals surface area (Å²) in [4.78, 5) is 39.5. The van der Waals surface area contributed by atoms with Gasteiger partial charge in [0.25, 0.3) is 5.91 Å². The molecule has 0 radical (unpaired) electrons. The molecule has 3 amide bonds. The third-order valence-corrected chi connectivity index (χ3v) is 4.48. The number of hydrogen-bond donors (Lipinski definition) is 0. The first-order valence-corrected chi connectivity index (χ1v) is 7.42. The Hall–Kier alpha value is -2.44. The topological polar surface area (TPSA) is 66.9 Å². The minimum absolute atomic E-state index is 0.258. The molecule has 1 aromatic rings. The van der Waals surface area contributed by atoms with Crippen molar-refractivity contribution in [2.75, 3.05) is 18.6 Å². The van der Waals surface area contributed by atoms with Crippen LogP contribution in [0.5, 0.6) is 0 Å². The molecule has 0 spiro atoms. The summed E-state index contributed by atoms with van der Waals surface area (Å²) < 4.78 is 18.0. The molecule has 1 aromatic carbocycles. The zero-order valence-electron chi connectivity index (χ0n) is 12.9. The highest BCUT2D eigenvalue weighted by atomic mass is 19.1. The number of fused-ring (bicyclic) bond motifs is 1. The largest absolute Gasteiger partial charge is 0.469 e. The lowest BCUT2D eigenvalue weighted by atomic mass is 9.91. The van der Waals surface area contributed by atoms with E-state index in [4.69, 9.17) is 4.74 Å². The van der Waals surface area contributed by atoms with Crippen molar-refractivity contribution in [2.45, 2.75) is 25.8 Å². The lowest BCUT2D eigenvalue weighted by Gasteiger charge is -2.30. The number of aryl methyl sites for hydroxylation is 1. The van der Waals surface area contributed by atoms with Crippen LogP contribution >= 0.6 is 0 Å². The van der Waals surface area contributed by atoms with E-state index in [-0.39, 0.29) is 24.2 Å². The number of imide groups is 1. The number of benzene rings is 1. The predicted octanol–water partition coefficient (Wildman–Crippen LogP) is 1.85. The Kier molecular flexibility index (Phi) is 3.79. The molecule has 0 aliphatic carbocycles. The number of methoxy groups -OCH3 is 1. The van der Waals surface area contributed by atoms with Crippen LogP contribution in [0.1, 0.15) is 18.4 Å². The van der Waals surface area contributed by atoms with E-state index < -0.39 is 17.9 Å². The SMILES string of the molecule is COC(=O)C1CCN2C(=O)N(c3ccc(F)cc3C)C(=O)C2C1. The summed E-state index contributed by atoms with van der Waals surface area (Å²) in [7, 11) is 1.31. The number of esters is 1. The number of amides is 3. The van der Waals surface area contributed by atoms with Crippen LogP contribution in [0.25, 0.3) is 0 Å². The summed E-state index contributed by atoms with van der Waals surface area (Å²) in [6.07, 6.45) is 0.729. The van der Waals surface area contributed by atoms with E-state index in [1.165, 1.54) is 30.2 Å². The number of urea groups is 1. The van der Waals surface area contributed by atoms with Gasteiger partial charge in [-0.1, -0.05) is 0 Å². The van der Waals surface area contributed by atoms with Crippen molar-refractivity contribution < 1.29 is 23.5 Å². The van der Waals surface area contributed by atoms with E-state index in [0.29, 0.717) is 24.2 Å². The van der Waals surface area contributed by atoms with Crippen LogP contribution in [-0.4, -0.2) is 42.5 Å². The molecule has 2 atom stereocenters. The Bertz CT molecular complexity index is 691. The van der Waals surface area contributed by atoms with Crippen molar-refractivity contribution in [1.82, 2.24) is 4.90 Å². The van der Waals surface area contributed by atoms with Gasteiger partial charge in [0.15, 0.2) is 0 Å². The molecule has 7 heteroatoms. The Morgan fingerprint density at radius 3 is 2.74 bits per heavy atom. The average Bonchev–Trinajstić information content (AvgIpc) is 2.78. The fraction of sp³-hybridized carbons (Fsp3) is 0.438. The van der Waals surface area contributed by atoms with Gasteiger partial charge < -0.3 is 9.64 Å². The van der Waals surface area contributed by atoms with Gasteiger partial charge in [0.1, 0.15) is 11.9 Å². The molecule has 2 unspecified atom stereocenters. The number of nitrogens with zero attached hydrogens (tertiary/aromatic N) is 2. The molecule has 0 saturated carbocycles. The van der Waals surface area contributed by atoms with Gasteiger partial charge in [-0.3, -0.25) is 9.59 Å². The minimum atomic E-state index is -0.662. The van der Waals surface area contributed by atoms with Gasteiger partial charge in [0, 0.05) is 6.54 Å². The Labute approximate surface area is 132 Å². The summed E-state index contributed by atoms with van der Waals surface area (Å²) in [5.41, 5.74) is 0.890. The Morgan fingerprint density at radius 2 is 2.09 bits per heavy atom. The molecule has 122 valence electrons. The van der Waals surface area contributed by atoms with Crippen LogP contribution in [0.2, 0.25) is 0 Å². The van der Waals surface area contributed by atoms with Crippen molar-refractivity contribution in [1.29, 1.82) is 0 Å². The zero-order valence-corrected chi connectivity index (χ0v) is 12.9. The second kappa shape index (κ2) is 5.64. The molecule has 2 saturated heterocycles. The van der Waals surface area contributed by atoms with Crippen molar-refractivity contribution in [3.63, 3.8) is 0 Å². The second-order valence-corrected chi connectivity index (χ2v) is 5.84. The molecule has 0 N–H and O–H groups in total. The van der Waals surface area contributed by atoms with Gasteiger partial charge in [-0.05, 0) is 43.5 Å². The van der Waals surface area contributed by atoms with Gasteiger partial charge in [-0.2, -0.15) is 0 Å². The fourth-order valence-corrected chi connectivity index (χ4v) is 3.27.